The Morgan fingerprint density at radius 1 is 1.38 bits per heavy atom. The lowest BCUT2D eigenvalue weighted by atomic mass is 10.2. The molecule has 2 atom stereocenters. The van der Waals surface area contributed by atoms with Crippen LogP contribution >= 0.6 is 0 Å². The van der Waals surface area contributed by atoms with Crippen molar-refractivity contribution in [2.75, 3.05) is 6.54 Å². The Kier molecular flexibility index (Phi) is 4.45. The third-order valence-electron chi connectivity index (χ3n) is 4.12. The second kappa shape index (κ2) is 6.69. The first-order chi connectivity index (χ1) is 11.6. The molecule has 1 aliphatic rings. The van der Waals surface area contributed by atoms with Crippen LogP contribution in [0.1, 0.15) is 31.6 Å². The SMILES string of the molecule is CC(NC(N)=O)C(=O)N1CCCC1c1nc(-c2ccccc2)n[nH]1. The molecule has 1 aromatic carbocycles. The molecular weight excluding hydrogens is 308 g/mol. The lowest BCUT2D eigenvalue weighted by Crippen LogP contribution is -2.48. The third-order valence-corrected chi connectivity index (χ3v) is 4.12. The molecule has 1 aliphatic heterocycles. The summed E-state index contributed by atoms with van der Waals surface area (Å²) in [7, 11) is 0. The first-order valence-electron chi connectivity index (χ1n) is 7.90. The normalized spacial score (nSPS) is 18.4. The lowest BCUT2D eigenvalue weighted by Gasteiger charge is -2.26. The summed E-state index contributed by atoms with van der Waals surface area (Å²) >= 11 is 0. The van der Waals surface area contributed by atoms with E-state index in [9.17, 15) is 9.59 Å². The molecule has 3 amide bonds. The zero-order valence-electron chi connectivity index (χ0n) is 13.4. The quantitative estimate of drug-likeness (QED) is 0.781. The van der Waals surface area contributed by atoms with Crippen LogP contribution in [0.2, 0.25) is 0 Å². The molecule has 8 nitrogen and oxygen atoms in total. The number of H-pyrrole nitrogens is 1. The van der Waals surface area contributed by atoms with Crippen LogP contribution in [0.25, 0.3) is 11.4 Å². The molecule has 0 spiro atoms. The van der Waals surface area contributed by atoms with Crippen molar-refractivity contribution in [2.45, 2.75) is 31.8 Å². The van der Waals surface area contributed by atoms with Crippen LogP contribution in [0, 0.1) is 0 Å². The van der Waals surface area contributed by atoms with Crippen LogP contribution in [0.5, 0.6) is 0 Å². The molecule has 4 N–H and O–H groups in total. The molecule has 1 saturated heterocycles. The van der Waals surface area contributed by atoms with Crippen molar-refractivity contribution in [1.82, 2.24) is 25.4 Å². The number of carbonyl (C=O) groups excluding carboxylic acids is 2. The van der Waals surface area contributed by atoms with Crippen LogP contribution in [-0.2, 0) is 4.79 Å². The van der Waals surface area contributed by atoms with E-state index in [4.69, 9.17) is 5.73 Å². The van der Waals surface area contributed by atoms with Crippen molar-refractivity contribution >= 4 is 11.9 Å². The van der Waals surface area contributed by atoms with E-state index in [0.29, 0.717) is 18.2 Å². The number of aromatic amines is 1. The van der Waals surface area contributed by atoms with Crippen LogP contribution in [0.4, 0.5) is 4.79 Å². The zero-order valence-corrected chi connectivity index (χ0v) is 13.4. The molecule has 8 heteroatoms. The van der Waals surface area contributed by atoms with Crippen molar-refractivity contribution in [3.63, 3.8) is 0 Å². The Hall–Kier alpha value is -2.90. The maximum absolute atomic E-state index is 12.5. The number of benzene rings is 1. The molecule has 2 heterocycles. The number of hydrogen-bond donors (Lipinski definition) is 3. The molecule has 0 radical (unpaired) electrons. The molecule has 3 rings (SSSR count). The summed E-state index contributed by atoms with van der Waals surface area (Å²) in [5.41, 5.74) is 6.01. The van der Waals surface area contributed by atoms with Gasteiger partial charge in [0.2, 0.25) is 5.91 Å². The lowest BCUT2D eigenvalue weighted by molar-refractivity contribution is -0.133. The molecule has 1 aromatic heterocycles. The van der Waals surface area contributed by atoms with Crippen LogP contribution < -0.4 is 11.1 Å². The number of nitrogens with zero attached hydrogens (tertiary/aromatic N) is 3. The molecule has 24 heavy (non-hydrogen) atoms. The fraction of sp³-hybridized carbons (Fsp3) is 0.375. The Balaban J connectivity index is 1.77. The predicted octanol–water partition coefficient (Wildman–Crippen LogP) is 1.19. The summed E-state index contributed by atoms with van der Waals surface area (Å²) in [6, 6.07) is 8.10. The van der Waals surface area contributed by atoms with Crippen LogP contribution in [0.15, 0.2) is 30.3 Å². The van der Waals surface area contributed by atoms with Crippen molar-refractivity contribution in [2.24, 2.45) is 5.73 Å². The number of nitrogens with two attached hydrogens (primary N) is 1. The summed E-state index contributed by atoms with van der Waals surface area (Å²) in [5.74, 6) is 1.09. The van der Waals surface area contributed by atoms with E-state index in [1.165, 1.54) is 0 Å². The molecule has 0 aliphatic carbocycles. The monoisotopic (exact) mass is 328 g/mol. The minimum atomic E-state index is -0.711. The molecule has 2 aromatic rings. The second-order valence-corrected chi connectivity index (χ2v) is 5.83. The van der Waals surface area contributed by atoms with Crippen LogP contribution in [-0.4, -0.2) is 44.6 Å². The standard InChI is InChI=1S/C16H20N6O2/c1-10(18-16(17)24)15(23)22-9-5-8-12(22)14-19-13(20-21-14)11-6-3-2-4-7-11/h2-4,6-7,10,12H,5,8-9H2,1H3,(H3,17,18,24)(H,19,20,21). The summed E-state index contributed by atoms with van der Waals surface area (Å²) in [6.45, 7) is 2.24. The van der Waals surface area contributed by atoms with Gasteiger partial charge < -0.3 is 16.0 Å². The van der Waals surface area contributed by atoms with E-state index in [-0.39, 0.29) is 11.9 Å². The van der Waals surface area contributed by atoms with Gasteiger partial charge in [-0.05, 0) is 19.8 Å². The maximum Gasteiger partial charge on any atom is 0.312 e. The Bertz CT molecular complexity index is 729. The number of amides is 3. The van der Waals surface area contributed by atoms with Crippen molar-refractivity contribution in [1.29, 1.82) is 0 Å². The number of aromatic nitrogens is 3. The molecule has 2 unspecified atom stereocenters. The number of hydrogen-bond acceptors (Lipinski definition) is 4. The number of likely N-dealkylation sites (tertiary alicyclic amines) is 1. The minimum Gasteiger partial charge on any atom is -0.352 e. The molecule has 126 valence electrons. The number of urea groups is 1. The Morgan fingerprint density at radius 3 is 2.83 bits per heavy atom. The molecule has 0 bridgehead atoms. The zero-order chi connectivity index (χ0) is 17.1. The van der Waals surface area contributed by atoms with Gasteiger partial charge in [-0.15, -0.1) is 0 Å². The Morgan fingerprint density at radius 2 is 2.12 bits per heavy atom. The van der Waals surface area contributed by atoms with Crippen molar-refractivity contribution in [3.05, 3.63) is 36.2 Å². The van der Waals surface area contributed by atoms with E-state index in [2.05, 4.69) is 20.5 Å². The predicted molar refractivity (Wildman–Crippen MR) is 87.7 cm³/mol. The maximum atomic E-state index is 12.5. The van der Waals surface area contributed by atoms with E-state index >= 15 is 0 Å². The highest BCUT2D eigenvalue weighted by Crippen LogP contribution is 2.31. The third kappa shape index (κ3) is 3.22. The van der Waals surface area contributed by atoms with Gasteiger partial charge in [-0.3, -0.25) is 9.89 Å². The highest BCUT2D eigenvalue weighted by molar-refractivity contribution is 5.86. The van der Waals surface area contributed by atoms with Gasteiger partial charge in [0.1, 0.15) is 11.9 Å². The second-order valence-electron chi connectivity index (χ2n) is 5.83. The van der Waals surface area contributed by atoms with Crippen molar-refractivity contribution < 1.29 is 9.59 Å². The van der Waals surface area contributed by atoms with Crippen LogP contribution in [0.3, 0.4) is 0 Å². The fourth-order valence-electron chi connectivity index (χ4n) is 2.98. The van der Waals surface area contributed by atoms with Gasteiger partial charge in [0.05, 0.1) is 6.04 Å². The van der Waals surface area contributed by atoms with Gasteiger partial charge in [0.25, 0.3) is 0 Å². The summed E-state index contributed by atoms with van der Waals surface area (Å²) < 4.78 is 0. The first kappa shape index (κ1) is 16.0. The highest BCUT2D eigenvalue weighted by Gasteiger charge is 2.34. The highest BCUT2D eigenvalue weighted by atomic mass is 16.2. The largest absolute Gasteiger partial charge is 0.352 e. The molecule has 0 saturated carbocycles. The van der Waals surface area contributed by atoms with E-state index in [0.717, 1.165) is 18.4 Å². The number of rotatable bonds is 4. The van der Waals surface area contributed by atoms with Gasteiger partial charge in [0.15, 0.2) is 5.82 Å². The van der Waals surface area contributed by atoms with E-state index in [1.807, 2.05) is 30.3 Å². The van der Waals surface area contributed by atoms with E-state index < -0.39 is 12.1 Å². The van der Waals surface area contributed by atoms with Gasteiger partial charge in [-0.1, -0.05) is 30.3 Å². The molecule has 1 fully saturated rings. The molecular formula is C16H20N6O2. The van der Waals surface area contributed by atoms with Crippen molar-refractivity contribution in [3.8, 4) is 11.4 Å². The number of primary amides is 1. The van der Waals surface area contributed by atoms with E-state index in [1.54, 1.807) is 11.8 Å². The topological polar surface area (TPSA) is 117 Å². The fourth-order valence-corrected chi connectivity index (χ4v) is 2.98. The number of nitrogens with one attached hydrogen (secondary N) is 2. The average molecular weight is 328 g/mol. The van der Waals surface area contributed by atoms with Gasteiger partial charge in [-0.2, -0.15) is 5.10 Å². The summed E-state index contributed by atoms with van der Waals surface area (Å²) in [4.78, 5) is 29.7. The number of carbonyl (C=O) groups is 2. The Labute approximate surface area is 139 Å². The average Bonchev–Trinajstić information content (AvgIpc) is 3.23. The minimum absolute atomic E-state index is 0.167. The summed E-state index contributed by atoms with van der Waals surface area (Å²) in [5, 5.41) is 9.62. The van der Waals surface area contributed by atoms with Gasteiger partial charge >= 0.3 is 6.03 Å². The van der Waals surface area contributed by atoms with Gasteiger partial charge in [-0.25, -0.2) is 9.78 Å². The first-order valence-corrected chi connectivity index (χ1v) is 7.90. The summed E-state index contributed by atoms with van der Waals surface area (Å²) in [6.07, 6.45) is 1.68. The smallest absolute Gasteiger partial charge is 0.312 e. The van der Waals surface area contributed by atoms with Gasteiger partial charge in [0, 0.05) is 12.1 Å².